The summed E-state index contributed by atoms with van der Waals surface area (Å²) in [5.41, 5.74) is 5.52. The Morgan fingerprint density at radius 1 is 0.818 bits per heavy atom. The van der Waals surface area contributed by atoms with Gasteiger partial charge in [0.2, 0.25) is 5.91 Å². The highest BCUT2D eigenvalue weighted by molar-refractivity contribution is 7.91. The molecular weight excluding hydrogens is 446 g/mol. The number of ketones is 1. The minimum Gasteiger partial charge on any atom is -0.465 e. The van der Waals surface area contributed by atoms with Gasteiger partial charge in [-0.2, -0.15) is 0 Å². The van der Waals surface area contributed by atoms with Gasteiger partial charge in [-0.25, -0.2) is 13.2 Å². The van der Waals surface area contributed by atoms with Crippen LogP contribution in [-0.4, -0.2) is 52.7 Å². The zero-order valence-electron chi connectivity index (χ0n) is 18.8. The first kappa shape index (κ1) is 26.2. The summed E-state index contributed by atoms with van der Waals surface area (Å²) in [6.07, 6.45) is 4.26. The maximum absolute atomic E-state index is 13.0. The van der Waals surface area contributed by atoms with Gasteiger partial charge in [-0.1, -0.05) is 19.3 Å². The first-order valence-electron chi connectivity index (χ1n) is 10.6. The van der Waals surface area contributed by atoms with E-state index in [1.165, 1.54) is 49.6 Å². The zero-order valence-corrected chi connectivity index (χ0v) is 19.7. The molecule has 0 unspecified atom stereocenters. The number of sulfone groups is 1. The summed E-state index contributed by atoms with van der Waals surface area (Å²) in [5, 5.41) is 0. The van der Waals surface area contributed by atoms with Gasteiger partial charge < -0.3 is 15.2 Å². The molecule has 178 valence electrons. The van der Waals surface area contributed by atoms with Gasteiger partial charge in [0.25, 0.3) is 0 Å². The average Bonchev–Trinajstić information content (AvgIpc) is 2.82. The van der Waals surface area contributed by atoms with E-state index < -0.39 is 27.5 Å². The maximum atomic E-state index is 13.0. The second-order valence-corrected chi connectivity index (χ2v) is 9.66. The van der Waals surface area contributed by atoms with Crippen LogP contribution in [0, 0.1) is 0 Å². The first-order chi connectivity index (χ1) is 15.7. The van der Waals surface area contributed by atoms with E-state index in [1.807, 2.05) is 0 Å². The summed E-state index contributed by atoms with van der Waals surface area (Å²) in [5.74, 6) is -2.02. The van der Waals surface area contributed by atoms with Crippen LogP contribution in [0.4, 0.5) is 0 Å². The third-order valence-corrected chi connectivity index (χ3v) is 7.00. The molecule has 0 saturated carbocycles. The predicted octanol–water partition coefficient (Wildman–Crippen LogP) is 3.17. The minimum absolute atomic E-state index is 0.0254. The summed E-state index contributed by atoms with van der Waals surface area (Å²) in [4.78, 5) is 36.7. The van der Waals surface area contributed by atoms with Gasteiger partial charge in [0.05, 0.1) is 28.9 Å². The molecule has 0 atom stereocenters. The fraction of sp³-hybridized carbons (Fsp3) is 0.375. The number of carbonyl (C=O) groups excluding carboxylic acids is 3. The minimum atomic E-state index is -3.48. The van der Waals surface area contributed by atoms with Crippen molar-refractivity contribution in [1.29, 1.82) is 0 Å². The van der Waals surface area contributed by atoms with Crippen LogP contribution in [0.25, 0.3) is 0 Å². The second kappa shape index (κ2) is 12.3. The number of hydrogen-bond acceptors (Lipinski definition) is 7. The number of unbranched alkanes of at least 4 members (excludes halogenated alkanes) is 4. The van der Waals surface area contributed by atoms with Crippen molar-refractivity contribution >= 4 is 27.5 Å². The fourth-order valence-electron chi connectivity index (χ4n) is 3.35. The molecule has 0 fully saturated rings. The smallest absolute Gasteiger partial charge is 0.337 e. The van der Waals surface area contributed by atoms with Crippen molar-refractivity contribution in [2.45, 2.75) is 37.0 Å². The predicted molar refractivity (Wildman–Crippen MR) is 123 cm³/mol. The summed E-state index contributed by atoms with van der Waals surface area (Å²) >= 11 is 0. The summed E-state index contributed by atoms with van der Waals surface area (Å²) < 4.78 is 34.8. The lowest BCUT2D eigenvalue weighted by molar-refractivity contribution is 0.0600. The van der Waals surface area contributed by atoms with Crippen LogP contribution in [0.3, 0.4) is 0 Å². The molecule has 0 aliphatic heterocycles. The summed E-state index contributed by atoms with van der Waals surface area (Å²) in [6, 6.07) is 9.38. The van der Waals surface area contributed by atoms with E-state index in [2.05, 4.69) is 4.74 Å². The lowest BCUT2D eigenvalue weighted by atomic mass is 9.96. The van der Waals surface area contributed by atoms with Crippen LogP contribution in [0.2, 0.25) is 0 Å². The van der Waals surface area contributed by atoms with Crippen LogP contribution in [0.15, 0.2) is 47.4 Å². The van der Waals surface area contributed by atoms with Crippen molar-refractivity contribution in [2.24, 2.45) is 5.73 Å². The third kappa shape index (κ3) is 7.23. The average molecular weight is 476 g/mol. The van der Waals surface area contributed by atoms with E-state index in [0.717, 1.165) is 25.7 Å². The van der Waals surface area contributed by atoms with Crippen LogP contribution in [-0.2, 0) is 19.3 Å². The Hall–Kier alpha value is -3.04. The highest BCUT2D eigenvalue weighted by Crippen LogP contribution is 2.20. The topological polar surface area (TPSA) is 130 Å². The Labute approximate surface area is 194 Å². The molecule has 8 nitrogen and oxygen atoms in total. The van der Waals surface area contributed by atoms with E-state index in [-0.39, 0.29) is 32.9 Å². The van der Waals surface area contributed by atoms with Crippen molar-refractivity contribution in [2.75, 3.05) is 26.6 Å². The summed E-state index contributed by atoms with van der Waals surface area (Å²) in [6.45, 7) is 0.706. The van der Waals surface area contributed by atoms with Gasteiger partial charge in [0.15, 0.2) is 15.6 Å². The van der Waals surface area contributed by atoms with Crippen LogP contribution < -0.4 is 5.73 Å². The molecule has 1 amide bonds. The molecule has 0 radical (unpaired) electrons. The number of ether oxygens (including phenoxy) is 2. The van der Waals surface area contributed by atoms with Crippen LogP contribution in [0.1, 0.15) is 68.7 Å². The molecule has 9 heteroatoms. The molecule has 2 aromatic rings. The molecule has 0 spiro atoms. The lowest BCUT2D eigenvalue weighted by Crippen LogP contribution is -2.18. The van der Waals surface area contributed by atoms with Gasteiger partial charge in [-0.15, -0.1) is 0 Å². The van der Waals surface area contributed by atoms with E-state index in [1.54, 1.807) is 7.11 Å². The molecule has 0 heterocycles. The monoisotopic (exact) mass is 475 g/mol. The van der Waals surface area contributed by atoms with Crippen molar-refractivity contribution in [1.82, 2.24) is 0 Å². The van der Waals surface area contributed by atoms with Crippen molar-refractivity contribution < 1.29 is 32.3 Å². The van der Waals surface area contributed by atoms with Gasteiger partial charge in [-0.3, -0.25) is 9.59 Å². The fourth-order valence-corrected chi connectivity index (χ4v) is 4.72. The molecule has 0 bridgehead atoms. The third-order valence-electron chi connectivity index (χ3n) is 5.19. The number of carbonyl (C=O) groups is 3. The van der Waals surface area contributed by atoms with E-state index in [9.17, 15) is 22.8 Å². The van der Waals surface area contributed by atoms with E-state index in [0.29, 0.717) is 13.0 Å². The van der Waals surface area contributed by atoms with Crippen molar-refractivity contribution in [3.05, 3.63) is 64.7 Å². The Morgan fingerprint density at radius 2 is 1.42 bits per heavy atom. The molecule has 2 aromatic carbocycles. The zero-order chi connectivity index (χ0) is 24.4. The molecule has 2 rings (SSSR count). The maximum Gasteiger partial charge on any atom is 0.337 e. The molecular formula is C24H29NO7S. The quantitative estimate of drug-likeness (QED) is 0.267. The molecule has 0 aromatic heterocycles. The standard InChI is InChI=1S/C24H29NO7S/c1-31-14-6-4-3-5-7-15-33(29,30)19-11-8-17(9-12-19)22(26)21-16-18(24(28)32-2)10-13-20(21)23(25)27/h8-13,16H,3-7,14-15H2,1-2H3,(H2,25,27). The molecule has 0 saturated heterocycles. The number of benzene rings is 2. The SMILES string of the molecule is COCCCCCCCS(=O)(=O)c1ccc(C(=O)c2cc(C(=O)OC)ccc2C(N)=O)cc1. The Balaban J connectivity index is 2.14. The van der Waals surface area contributed by atoms with Gasteiger partial charge in [0.1, 0.15) is 0 Å². The molecule has 33 heavy (non-hydrogen) atoms. The number of methoxy groups -OCH3 is 2. The summed E-state index contributed by atoms with van der Waals surface area (Å²) in [7, 11) is -0.624. The Bertz CT molecular complexity index is 1090. The normalized spacial score (nSPS) is 11.2. The largest absolute Gasteiger partial charge is 0.465 e. The number of primary amides is 1. The number of esters is 1. The van der Waals surface area contributed by atoms with E-state index in [4.69, 9.17) is 10.5 Å². The van der Waals surface area contributed by atoms with Gasteiger partial charge in [-0.05, 0) is 55.3 Å². The Kier molecular flexibility index (Phi) is 9.74. The van der Waals surface area contributed by atoms with Gasteiger partial charge >= 0.3 is 5.97 Å². The van der Waals surface area contributed by atoms with Crippen molar-refractivity contribution in [3.8, 4) is 0 Å². The lowest BCUT2D eigenvalue weighted by Gasteiger charge is -2.09. The number of amides is 1. The number of nitrogens with two attached hydrogens (primary N) is 1. The number of rotatable bonds is 13. The van der Waals surface area contributed by atoms with Crippen LogP contribution in [0.5, 0.6) is 0 Å². The molecule has 0 aliphatic carbocycles. The van der Waals surface area contributed by atoms with Crippen molar-refractivity contribution in [3.63, 3.8) is 0 Å². The van der Waals surface area contributed by atoms with Crippen LogP contribution >= 0.6 is 0 Å². The molecule has 0 aliphatic rings. The number of hydrogen-bond donors (Lipinski definition) is 1. The molecule has 2 N–H and O–H groups in total. The Morgan fingerprint density at radius 3 is 2.03 bits per heavy atom. The van der Waals surface area contributed by atoms with Gasteiger partial charge in [0, 0.05) is 24.8 Å². The van der Waals surface area contributed by atoms with E-state index >= 15 is 0 Å². The highest BCUT2D eigenvalue weighted by atomic mass is 32.2. The highest BCUT2D eigenvalue weighted by Gasteiger charge is 2.21. The second-order valence-electron chi connectivity index (χ2n) is 7.55. The first-order valence-corrected chi connectivity index (χ1v) is 12.2.